The van der Waals surface area contributed by atoms with Gasteiger partial charge in [-0.3, -0.25) is 4.79 Å². The molecule has 1 aromatic heterocycles. The van der Waals surface area contributed by atoms with Crippen LogP contribution in [0.3, 0.4) is 0 Å². The number of amides is 1. The van der Waals surface area contributed by atoms with Gasteiger partial charge in [0.1, 0.15) is 0 Å². The van der Waals surface area contributed by atoms with Gasteiger partial charge in [-0.2, -0.15) is 4.98 Å². The van der Waals surface area contributed by atoms with Gasteiger partial charge in [-0.25, -0.2) is 4.68 Å². The number of rotatable bonds is 2. The summed E-state index contributed by atoms with van der Waals surface area (Å²) in [5.41, 5.74) is 0. The van der Waals surface area contributed by atoms with E-state index in [1.165, 1.54) is 0 Å². The molecule has 3 heterocycles. The van der Waals surface area contributed by atoms with Gasteiger partial charge in [-0.1, -0.05) is 0 Å². The van der Waals surface area contributed by atoms with Crippen LogP contribution in [0.1, 0.15) is 29.9 Å². The lowest BCUT2D eigenvalue weighted by Gasteiger charge is -2.22. The van der Waals surface area contributed by atoms with Crippen molar-refractivity contribution in [3.8, 4) is 0 Å². The maximum Gasteiger partial charge on any atom is 0.291 e. The minimum atomic E-state index is -0.214. The Kier molecular flexibility index (Phi) is 3.14. The lowest BCUT2D eigenvalue weighted by molar-refractivity contribution is 0.0619. The van der Waals surface area contributed by atoms with Crippen LogP contribution >= 0.6 is 0 Å². The van der Waals surface area contributed by atoms with E-state index in [9.17, 15) is 4.79 Å². The maximum absolute atomic E-state index is 12.0. The predicted octanol–water partition coefficient (Wildman–Crippen LogP) is 0.00250. The van der Waals surface area contributed by atoms with Crippen molar-refractivity contribution >= 4 is 11.9 Å². The Hall–Kier alpha value is -1.63. The summed E-state index contributed by atoms with van der Waals surface area (Å²) in [7, 11) is 0. The highest BCUT2D eigenvalue weighted by molar-refractivity contribution is 5.90. The number of hydrogen-bond acceptors (Lipinski definition) is 5. The summed E-state index contributed by atoms with van der Waals surface area (Å²) in [6, 6.07) is 0.0831. The molecule has 0 radical (unpaired) electrons. The molecule has 98 valence electrons. The van der Waals surface area contributed by atoms with Crippen molar-refractivity contribution in [2.24, 2.45) is 0 Å². The first-order chi connectivity index (χ1) is 8.83. The van der Waals surface area contributed by atoms with Gasteiger partial charge in [-0.05, 0) is 19.3 Å². The minimum absolute atomic E-state index is 0.0831. The van der Waals surface area contributed by atoms with Gasteiger partial charge in [0.25, 0.3) is 5.91 Å². The average Bonchev–Trinajstić information content (AvgIpc) is 2.84. The van der Waals surface area contributed by atoms with Crippen LogP contribution in [0.4, 0.5) is 5.95 Å². The van der Waals surface area contributed by atoms with E-state index >= 15 is 0 Å². The summed E-state index contributed by atoms with van der Waals surface area (Å²) in [5, 5.41) is 10.2. The van der Waals surface area contributed by atoms with Gasteiger partial charge < -0.3 is 15.4 Å². The molecule has 1 saturated heterocycles. The molecule has 1 aromatic rings. The Balaban J connectivity index is 1.66. The third-order valence-electron chi connectivity index (χ3n) is 3.20. The summed E-state index contributed by atoms with van der Waals surface area (Å²) in [4.78, 5) is 16.2. The number of nitrogens with one attached hydrogen (secondary N) is 2. The first-order valence-corrected chi connectivity index (χ1v) is 6.40. The zero-order valence-electron chi connectivity index (χ0n) is 10.2. The van der Waals surface area contributed by atoms with Crippen molar-refractivity contribution in [3.05, 3.63) is 5.82 Å². The summed E-state index contributed by atoms with van der Waals surface area (Å²) < 4.78 is 7.07. The van der Waals surface area contributed by atoms with Crippen LogP contribution in [0, 0.1) is 0 Å². The number of ether oxygens (including phenoxy) is 1. The number of aromatic nitrogens is 3. The Bertz CT molecular complexity index is 415. The SMILES string of the molecule is O=C(N[C@H]1CCCOC1)c1nc2n(n1)CCCN2. The number of fused-ring (bicyclic) bond motifs is 1. The lowest BCUT2D eigenvalue weighted by atomic mass is 10.1. The molecule has 0 aromatic carbocycles. The van der Waals surface area contributed by atoms with Gasteiger partial charge in [-0.15, -0.1) is 5.10 Å². The molecule has 2 N–H and O–H groups in total. The highest BCUT2D eigenvalue weighted by Crippen LogP contribution is 2.11. The van der Waals surface area contributed by atoms with Crippen LogP contribution in [-0.2, 0) is 11.3 Å². The van der Waals surface area contributed by atoms with Crippen molar-refractivity contribution < 1.29 is 9.53 Å². The zero-order chi connectivity index (χ0) is 12.4. The molecule has 0 unspecified atom stereocenters. The zero-order valence-corrected chi connectivity index (χ0v) is 10.2. The third-order valence-corrected chi connectivity index (χ3v) is 3.20. The molecular formula is C11H17N5O2. The second kappa shape index (κ2) is 4.93. The number of carbonyl (C=O) groups is 1. The van der Waals surface area contributed by atoms with E-state index in [1.54, 1.807) is 4.68 Å². The maximum atomic E-state index is 12.0. The molecule has 0 saturated carbocycles. The second-order valence-electron chi connectivity index (χ2n) is 4.65. The Labute approximate surface area is 105 Å². The monoisotopic (exact) mass is 251 g/mol. The van der Waals surface area contributed by atoms with Gasteiger partial charge in [0, 0.05) is 19.7 Å². The second-order valence-corrected chi connectivity index (χ2v) is 4.65. The standard InChI is InChI=1S/C11H17N5O2/c17-10(13-8-3-1-6-18-7-8)9-14-11-12-4-2-5-16(11)15-9/h8H,1-7H2,(H,13,17)(H,12,14,15)/t8-/m0/s1. The van der Waals surface area contributed by atoms with E-state index in [4.69, 9.17) is 4.74 Å². The highest BCUT2D eigenvalue weighted by atomic mass is 16.5. The van der Waals surface area contributed by atoms with E-state index < -0.39 is 0 Å². The average molecular weight is 251 g/mol. The number of carbonyl (C=O) groups excluding carboxylic acids is 1. The van der Waals surface area contributed by atoms with Gasteiger partial charge in [0.05, 0.1) is 12.6 Å². The summed E-state index contributed by atoms with van der Waals surface area (Å²) in [6.07, 6.45) is 2.95. The summed E-state index contributed by atoms with van der Waals surface area (Å²) in [5.74, 6) is 0.713. The fourth-order valence-corrected chi connectivity index (χ4v) is 2.26. The number of anilines is 1. The molecule has 0 spiro atoms. The Morgan fingerprint density at radius 2 is 2.44 bits per heavy atom. The molecule has 7 heteroatoms. The van der Waals surface area contributed by atoms with E-state index in [0.717, 1.165) is 39.0 Å². The number of aryl methyl sites for hydroxylation is 1. The molecular weight excluding hydrogens is 234 g/mol. The van der Waals surface area contributed by atoms with Crippen molar-refractivity contribution in [2.75, 3.05) is 25.1 Å². The van der Waals surface area contributed by atoms with Crippen LogP contribution in [-0.4, -0.2) is 46.5 Å². The molecule has 3 rings (SSSR count). The van der Waals surface area contributed by atoms with Crippen LogP contribution in [0.15, 0.2) is 0 Å². The fourth-order valence-electron chi connectivity index (χ4n) is 2.26. The molecule has 1 fully saturated rings. The number of nitrogens with zero attached hydrogens (tertiary/aromatic N) is 3. The molecule has 2 aliphatic heterocycles. The highest BCUT2D eigenvalue weighted by Gasteiger charge is 2.22. The minimum Gasteiger partial charge on any atom is -0.379 e. The van der Waals surface area contributed by atoms with Gasteiger partial charge in [0.2, 0.25) is 11.8 Å². The summed E-state index contributed by atoms with van der Waals surface area (Å²) in [6.45, 7) is 3.07. The molecule has 1 amide bonds. The Morgan fingerprint density at radius 1 is 1.50 bits per heavy atom. The van der Waals surface area contributed by atoms with Crippen LogP contribution in [0.2, 0.25) is 0 Å². The Morgan fingerprint density at radius 3 is 3.22 bits per heavy atom. The number of hydrogen-bond donors (Lipinski definition) is 2. The molecule has 7 nitrogen and oxygen atoms in total. The largest absolute Gasteiger partial charge is 0.379 e. The van der Waals surface area contributed by atoms with Crippen molar-refractivity contribution in [2.45, 2.75) is 31.8 Å². The first-order valence-electron chi connectivity index (χ1n) is 6.40. The van der Waals surface area contributed by atoms with Crippen LogP contribution in [0.25, 0.3) is 0 Å². The molecule has 18 heavy (non-hydrogen) atoms. The fraction of sp³-hybridized carbons (Fsp3) is 0.727. The normalized spacial score (nSPS) is 23.0. The third kappa shape index (κ3) is 2.31. The van der Waals surface area contributed by atoms with E-state index in [0.29, 0.717) is 12.6 Å². The quantitative estimate of drug-likeness (QED) is 0.773. The van der Waals surface area contributed by atoms with Crippen molar-refractivity contribution in [1.82, 2.24) is 20.1 Å². The molecule has 0 aliphatic carbocycles. The van der Waals surface area contributed by atoms with E-state index in [1.807, 2.05) is 0 Å². The van der Waals surface area contributed by atoms with Crippen LogP contribution < -0.4 is 10.6 Å². The van der Waals surface area contributed by atoms with E-state index in [-0.39, 0.29) is 17.8 Å². The van der Waals surface area contributed by atoms with Gasteiger partial charge in [0.15, 0.2) is 0 Å². The topological polar surface area (TPSA) is 81.1 Å². The van der Waals surface area contributed by atoms with Crippen molar-refractivity contribution in [1.29, 1.82) is 0 Å². The lowest BCUT2D eigenvalue weighted by Crippen LogP contribution is -2.41. The molecule has 2 aliphatic rings. The van der Waals surface area contributed by atoms with E-state index in [2.05, 4.69) is 20.7 Å². The van der Waals surface area contributed by atoms with Crippen molar-refractivity contribution in [3.63, 3.8) is 0 Å². The van der Waals surface area contributed by atoms with Gasteiger partial charge >= 0.3 is 0 Å². The van der Waals surface area contributed by atoms with Crippen LogP contribution in [0.5, 0.6) is 0 Å². The predicted molar refractivity (Wildman–Crippen MR) is 64.4 cm³/mol. The molecule has 1 atom stereocenters. The summed E-state index contributed by atoms with van der Waals surface area (Å²) >= 11 is 0. The molecule has 0 bridgehead atoms. The smallest absolute Gasteiger partial charge is 0.291 e. The first kappa shape index (κ1) is 11.5.